The minimum absolute atomic E-state index is 0.0119. The standard InChI is InChI=1S/C18H16N2O5S3/c1-2-25-15-10-12(8-9-14(15)21)11-16-17(22)20(18(26)27-16)19-28(23,24)13-6-4-3-5-7-13/h3-11,19,21H,2H2,1H3/b16-11+. The Hall–Kier alpha value is -2.40. The molecule has 2 N–H and O–H groups in total. The van der Waals surface area contributed by atoms with Crippen LogP contribution in [0.5, 0.6) is 11.5 Å². The Morgan fingerprint density at radius 3 is 2.64 bits per heavy atom. The highest BCUT2D eigenvalue weighted by Gasteiger charge is 2.35. The minimum atomic E-state index is -3.95. The summed E-state index contributed by atoms with van der Waals surface area (Å²) in [6.45, 7) is 2.16. The maximum atomic E-state index is 12.6. The predicted molar refractivity (Wildman–Crippen MR) is 111 cm³/mol. The van der Waals surface area contributed by atoms with Crippen LogP contribution in [0.4, 0.5) is 0 Å². The number of hydrogen-bond acceptors (Lipinski definition) is 7. The molecule has 1 fully saturated rings. The van der Waals surface area contributed by atoms with Crippen LogP contribution in [0.2, 0.25) is 0 Å². The fourth-order valence-electron chi connectivity index (χ4n) is 2.36. The smallest absolute Gasteiger partial charge is 0.281 e. The SMILES string of the molecule is CCOc1cc(/C=C2/SC(=S)N(NS(=O)(=O)c3ccccc3)C2=O)ccc1O. The van der Waals surface area contributed by atoms with E-state index in [1.165, 1.54) is 18.2 Å². The maximum absolute atomic E-state index is 12.6. The van der Waals surface area contributed by atoms with E-state index in [0.717, 1.165) is 16.8 Å². The van der Waals surface area contributed by atoms with Crippen LogP contribution in [0.25, 0.3) is 6.08 Å². The molecule has 1 heterocycles. The number of aromatic hydroxyl groups is 1. The Labute approximate surface area is 172 Å². The molecule has 0 radical (unpaired) electrons. The summed E-state index contributed by atoms with van der Waals surface area (Å²) in [5.41, 5.74) is 0.604. The summed E-state index contributed by atoms with van der Waals surface area (Å²) in [6, 6.07) is 12.3. The Kier molecular flexibility index (Phi) is 6.04. The first-order valence-corrected chi connectivity index (χ1v) is 10.8. The lowest BCUT2D eigenvalue weighted by molar-refractivity contribution is -0.123. The zero-order valence-electron chi connectivity index (χ0n) is 14.7. The van der Waals surface area contributed by atoms with E-state index in [4.69, 9.17) is 17.0 Å². The van der Waals surface area contributed by atoms with Crippen molar-refractivity contribution in [1.29, 1.82) is 0 Å². The van der Waals surface area contributed by atoms with Gasteiger partial charge >= 0.3 is 0 Å². The van der Waals surface area contributed by atoms with Crippen molar-refractivity contribution in [2.45, 2.75) is 11.8 Å². The molecule has 0 atom stereocenters. The summed E-state index contributed by atoms with van der Waals surface area (Å²) in [5.74, 6) is -0.306. The van der Waals surface area contributed by atoms with Gasteiger partial charge in [-0.25, -0.2) is 13.4 Å². The second-order valence-electron chi connectivity index (χ2n) is 5.59. The van der Waals surface area contributed by atoms with Crippen molar-refractivity contribution in [2.24, 2.45) is 0 Å². The van der Waals surface area contributed by atoms with Crippen molar-refractivity contribution < 1.29 is 23.1 Å². The second-order valence-corrected chi connectivity index (χ2v) is 8.92. The van der Waals surface area contributed by atoms with Crippen molar-refractivity contribution >= 4 is 50.3 Å². The van der Waals surface area contributed by atoms with Crippen LogP contribution in [0.3, 0.4) is 0 Å². The molecule has 146 valence electrons. The zero-order valence-corrected chi connectivity index (χ0v) is 17.1. The Balaban J connectivity index is 1.84. The molecule has 0 spiro atoms. The van der Waals surface area contributed by atoms with Crippen LogP contribution in [-0.4, -0.2) is 35.4 Å². The molecule has 0 aliphatic carbocycles. The van der Waals surface area contributed by atoms with E-state index in [-0.39, 0.29) is 25.6 Å². The van der Waals surface area contributed by atoms with Crippen molar-refractivity contribution in [2.75, 3.05) is 6.61 Å². The van der Waals surface area contributed by atoms with Crippen LogP contribution in [0, 0.1) is 0 Å². The third-order valence-corrected chi connectivity index (χ3v) is 6.26. The first kappa shape index (κ1) is 20.3. The van der Waals surface area contributed by atoms with Gasteiger partial charge in [0.1, 0.15) is 0 Å². The van der Waals surface area contributed by atoms with Gasteiger partial charge in [-0.1, -0.05) is 48.2 Å². The average Bonchev–Trinajstić information content (AvgIpc) is 2.92. The number of thiocarbonyl (C=S) groups is 1. The number of phenols is 1. The highest BCUT2D eigenvalue weighted by molar-refractivity contribution is 8.26. The number of rotatable bonds is 6. The number of hydrazine groups is 1. The van der Waals surface area contributed by atoms with E-state index in [9.17, 15) is 18.3 Å². The third-order valence-electron chi connectivity index (χ3n) is 3.64. The summed E-state index contributed by atoms with van der Waals surface area (Å²) < 4.78 is 30.3. The Morgan fingerprint density at radius 2 is 1.96 bits per heavy atom. The van der Waals surface area contributed by atoms with Gasteiger partial charge < -0.3 is 9.84 Å². The molecule has 7 nitrogen and oxygen atoms in total. The van der Waals surface area contributed by atoms with Crippen molar-refractivity contribution in [3.05, 3.63) is 59.0 Å². The number of benzene rings is 2. The van der Waals surface area contributed by atoms with E-state index in [1.807, 2.05) is 0 Å². The molecule has 2 aromatic carbocycles. The number of hydrogen-bond donors (Lipinski definition) is 2. The predicted octanol–water partition coefficient (Wildman–Crippen LogP) is 2.89. The highest BCUT2D eigenvalue weighted by atomic mass is 32.2. The molecule has 0 saturated carbocycles. The van der Waals surface area contributed by atoms with Gasteiger partial charge in [0.15, 0.2) is 15.8 Å². The monoisotopic (exact) mass is 436 g/mol. The van der Waals surface area contributed by atoms with E-state index >= 15 is 0 Å². The first-order chi connectivity index (χ1) is 13.3. The number of nitrogens with zero attached hydrogens (tertiary/aromatic N) is 1. The topological polar surface area (TPSA) is 95.9 Å². The van der Waals surface area contributed by atoms with E-state index in [1.54, 1.807) is 43.3 Å². The molecule has 10 heteroatoms. The van der Waals surface area contributed by atoms with Gasteiger partial charge in [0, 0.05) is 0 Å². The molecule has 1 aliphatic heterocycles. The molecule has 0 unspecified atom stereocenters. The first-order valence-electron chi connectivity index (χ1n) is 8.13. The molecule has 3 rings (SSSR count). The van der Waals surface area contributed by atoms with Crippen molar-refractivity contribution in [3.63, 3.8) is 0 Å². The molecule has 2 aromatic rings. The lowest BCUT2D eigenvalue weighted by Crippen LogP contribution is -2.44. The number of carbonyl (C=O) groups excluding carboxylic acids is 1. The fourth-order valence-corrected chi connectivity index (χ4v) is 4.69. The zero-order chi connectivity index (χ0) is 20.3. The van der Waals surface area contributed by atoms with Gasteiger partial charge in [-0.05, 0) is 42.8 Å². The molecule has 0 bridgehead atoms. The normalized spacial score (nSPS) is 16.0. The quantitative estimate of drug-likeness (QED) is 0.531. The van der Waals surface area contributed by atoms with Crippen molar-refractivity contribution in [3.8, 4) is 11.5 Å². The van der Waals surface area contributed by atoms with Crippen LogP contribution in [-0.2, 0) is 14.8 Å². The number of nitrogens with one attached hydrogen (secondary N) is 1. The van der Waals surface area contributed by atoms with Crippen LogP contribution < -0.4 is 9.57 Å². The molecule has 0 aromatic heterocycles. The summed E-state index contributed by atoms with van der Waals surface area (Å²) in [5, 5.41) is 10.6. The van der Waals surface area contributed by atoms with Gasteiger partial charge in [0.25, 0.3) is 15.9 Å². The molecular weight excluding hydrogens is 420 g/mol. The van der Waals surface area contributed by atoms with Crippen LogP contribution in [0.1, 0.15) is 12.5 Å². The van der Waals surface area contributed by atoms with Gasteiger partial charge in [0.2, 0.25) is 0 Å². The van der Waals surface area contributed by atoms with E-state index < -0.39 is 15.9 Å². The van der Waals surface area contributed by atoms with Crippen LogP contribution >= 0.6 is 24.0 Å². The molecule has 28 heavy (non-hydrogen) atoms. The minimum Gasteiger partial charge on any atom is -0.504 e. The molecule has 1 amide bonds. The third kappa shape index (κ3) is 4.36. The lowest BCUT2D eigenvalue weighted by atomic mass is 10.2. The summed E-state index contributed by atoms with van der Waals surface area (Å²) in [7, 11) is -3.95. The molecule has 1 aliphatic rings. The highest BCUT2D eigenvalue weighted by Crippen LogP contribution is 2.34. The summed E-state index contributed by atoms with van der Waals surface area (Å²) >= 11 is 6.13. The molecular formula is C18H16N2O5S3. The maximum Gasteiger partial charge on any atom is 0.281 e. The van der Waals surface area contributed by atoms with Gasteiger partial charge in [-0.15, -0.1) is 4.83 Å². The number of carbonyl (C=O) groups is 1. The van der Waals surface area contributed by atoms with Crippen molar-refractivity contribution in [1.82, 2.24) is 9.84 Å². The number of thioether (sulfide) groups is 1. The lowest BCUT2D eigenvalue weighted by Gasteiger charge is -2.15. The largest absolute Gasteiger partial charge is 0.504 e. The Bertz CT molecular complexity index is 1050. The average molecular weight is 437 g/mol. The Morgan fingerprint density at radius 1 is 1.25 bits per heavy atom. The van der Waals surface area contributed by atoms with Crippen LogP contribution in [0.15, 0.2) is 58.3 Å². The fraction of sp³-hybridized carbons (Fsp3) is 0.111. The second kappa shape index (κ2) is 8.31. The van der Waals surface area contributed by atoms with Gasteiger partial charge in [-0.2, -0.15) is 0 Å². The van der Waals surface area contributed by atoms with Gasteiger partial charge in [0.05, 0.1) is 16.4 Å². The van der Waals surface area contributed by atoms with E-state index in [2.05, 4.69) is 4.83 Å². The number of ether oxygens (including phenoxy) is 1. The number of sulfonamides is 1. The molecule has 1 saturated heterocycles. The number of phenolic OH excluding ortho intramolecular Hbond substituents is 1. The summed E-state index contributed by atoms with van der Waals surface area (Å²) in [4.78, 5) is 15.1. The van der Waals surface area contributed by atoms with Gasteiger partial charge in [-0.3, -0.25) is 4.79 Å². The summed E-state index contributed by atoms with van der Waals surface area (Å²) in [6.07, 6.45) is 1.55. The van der Waals surface area contributed by atoms with E-state index in [0.29, 0.717) is 12.2 Å². The number of amides is 1.